The highest BCUT2D eigenvalue weighted by Crippen LogP contribution is 2.26. The average Bonchev–Trinajstić information content (AvgIpc) is 3.16. The Hall–Kier alpha value is -3.09. The lowest BCUT2D eigenvalue weighted by Gasteiger charge is -2.15. The van der Waals surface area contributed by atoms with Gasteiger partial charge in [-0.1, -0.05) is 30.3 Å². The third kappa shape index (κ3) is 3.45. The largest absolute Gasteiger partial charge is 0.338 e. The van der Waals surface area contributed by atoms with Gasteiger partial charge in [-0.15, -0.1) is 0 Å². The highest BCUT2D eigenvalue weighted by Gasteiger charge is 2.28. The fraction of sp³-hybridized carbons (Fsp3) is 0.235. The molecule has 1 aliphatic rings. The molecule has 0 saturated heterocycles. The van der Waals surface area contributed by atoms with E-state index in [0.717, 1.165) is 16.8 Å². The van der Waals surface area contributed by atoms with E-state index in [4.69, 9.17) is 0 Å². The Labute approximate surface area is 139 Å². The van der Waals surface area contributed by atoms with E-state index in [1.165, 1.54) is 6.08 Å². The predicted molar refractivity (Wildman–Crippen MR) is 91.0 cm³/mol. The third-order valence-corrected chi connectivity index (χ3v) is 3.73. The molecule has 3 amide bonds. The minimum Gasteiger partial charge on any atom is -0.338 e. The number of aromatic nitrogens is 2. The Morgan fingerprint density at radius 2 is 2.08 bits per heavy atom. The van der Waals surface area contributed by atoms with Gasteiger partial charge < -0.3 is 15.5 Å². The second-order valence-corrected chi connectivity index (χ2v) is 5.45. The van der Waals surface area contributed by atoms with Gasteiger partial charge in [0.15, 0.2) is 0 Å². The third-order valence-electron chi connectivity index (χ3n) is 3.73. The van der Waals surface area contributed by atoms with Gasteiger partial charge >= 0.3 is 6.03 Å². The van der Waals surface area contributed by atoms with E-state index in [1.807, 2.05) is 37.3 Å². The maximum absolute atomic E-state index is 12.1. The van der Waals surface area contributed by atoms with Crippen LogP contribution in [0, 0.1) is 0 Å². The molecule has 7 nitrogen and oxygen atoms in total. The molecule has 3 rings (SSSR count). The second kappa shape index (κ2) is 6.99. The number of fused-ring (bicyclic) bond motifs is 1. The van der Waals surface area contributed by atoms with E-state index >= 15 is 0 Å². The van der Waals surface area contributed by atoms with Crippen LogP contribution in [-0.2, 0) is 17.9 Å². The van der Waals surface area contributed by atoms with Gasteiger partial charge in [0.05, 0.1) is 18.8 Å². The number of hydrogen-bond donors (Lipinski definition) is 3. The quantitative estimate of drug-likeness (QED) is 0.752. The number of hydrogen-bond acceptors (Lipinski definition) is 3. The summed E-state index contributed by atoms with van der Waals surface area (Å²) in [5.41, 5.74) is 2.58. The van der Waals surface area contributed by atoms with Gasteiger partial charge in [0.2, 0.25) is 5.91 Å². The van der Waals surface area contributed by atoms with Crippen molar-refractivity contribution in [3.05, 3.63) is 53.2 Å². The van der Waals surface area contributed by atoms with E-state index in [9.17, 15) is 9.59 Å². The normalized spacial score (nSPS) is 13.1. The molecule has 0 spiro atoms. The molecule has 1 aliphatic heterocycles. The van der Waals surface area contributed by atoms with Gasteiger partial charge in [-0.25, -0.2) is 4.79 Å². The first-order valence-electron chi connectivity index (χ1n) is 7.80. The standard InChI is InChI=1S/C17H19N5O2/c1-2-18-17(24)22-10-13-14(11-22)20-21-16(13)19-15(23)9-8-12-6-4-3-5-7-12/h3-9H,2,10-11H2,1H3,(H,18,24)(H2,19,20,21,23)/b9-8+. The van der Waals surface area contributed by atoms with Gasteiger partial charge in [-0.2, -0.15) is 5.10 Å². The second-order valence-electron chi connectivity index (χ2n) is 5.45. The number of aromatic amines is 1. The molecular formula is C17H19N5O2. The number of nitrogens with zero attached hydrogens (tertiary/aromatic N) is 2. The molecule has 24 heavy (non-hydrogen) atoms. The fourth-order valence-electron chi connectivity index (χ4n) is 2.54. The molecule has 0 radical (unpaired) electrons. The van der Waals surface area contributed by atoms with Gasteiger partial charge in [0.1, 0.15) is 5.82 Å². The van der Waals surface area contributed by atoms with Crippen LogP contribution in [0.5, 0.6) is 0 Å². The zero-order chi connectivity index (χ0) is 16.9. The number of amides is 3. The maximum Gasteiger partial charge on any atom is 0.318 e. The zero-order valence-electron chi connectivity index (χ0n) is 13.4. The van der Waals surface area contributed by atoms with Crippen molar-refractivity contribution in [2.24, 2.45) is 0 Å². The number of carbonyl (C=O) groups is 2. The molecule has 3 N–H and O–H groups in total. The Morgan fingerprint density at radius 3 is 2.83 bits per heavy atom. The van der Waals surface area contributed by atoms with Crippen LogP contribution in [-0.4, -0.2) is 33.6 Å². The van der Waals surface area contributed by atoms with Crippen molar-refractivity contribution in [2.75, 3.05) is 11.9 Å². The first-order chi connectivity index (χ1) is 11.7. The topological polar surface area (TPSA) is 90.1 Å². The van der Waals surface area contributed by atoms with Crippen LogP contribution in [0.25, 0.3) is 6.08 Å². The van der Waals surface area contributed by atoms with Gasteiger partial charge in [0, 0.05) is 18.2 Å². The Kier molecular flexibility index (Phi) is 4.60. The van der Waals surface area contributed by atoms with Gasteiger partial charge in [-0.3, -0.25) is 9.89 Å². The Bertz CT molecular complexity index is 767. The van der Waals surface area contributed by atoms with Crippen molar-refractivity contribution in [3.63, 3.8) is 0 Å². The van der Waals surface area contributed by atoms with Crippen LogP contribution in [0.1, 0.15) is 23.7 Å². The van der Waals surface area contributed by atoms with Crippen molar-refractivity contribution >= 4 is 23.8 Å². The Morgan fingerprint density at radius 1 is 1.29 bits per heavy atom. The fourth-order valence-corrected chi connectivity index (χ4v) is 2.54. The minimum atomic E-state index is -0.248. The Balaban J connectivity index is 1.63. The lowest BCUT2D eigenvalue weighted by atomic mass is 10.2. The summed E-state index contributed by atoms with van der Waals surface area (Å²) in [5.74, 6) is 0.293. The zero-order valence-corrected chi connectivity index (χ0v) is 13.4. The number of rotatable bonds is 4. The van der Waals surface area contributed by atoms with Crippen LogP contribution < -0.4 is 10.6 Å². The van der Waals surface area contributed by atoms with Gasteiger partial charge in [-0.05, 0) is 18.6 Å². The van der Waals surface area contributed by atoms with Crippen molar-refractivity contribution in [1.29, 1.82) is 0 Å². The van der Waals surface area contributed by atoms with Crippen LogP contribution in [0.4, 0.5) is 10.6 Å². The van der Waals surface area contributed by atoms with Crippen LogP contribution in [0.15, 0.2) is 36.4 Å². The first kappa shape index (κ1) is 15.8. The lowest BCUT2D eigenvalue weighted by molar-refractivity contribution is -0.111. The lowest BCUT2D eigenvalue weighted by Crippen LogP contribution is -2.36. The van der Waals surface area contributed by atoms with E-state index in [0.29, 0.717) is 25.5 Å². The van der Waals surface area contributed by atoms with Crippen LogP contribution >= 0.6 is 0 Å². The summed E-state index contributed by atoms with van der Waals surface area (Å²) < 4.78 is 0. The van der Waals surface area contributed by atoms with Crippen LogP contribution in [0.3, 0.4) is 0 Å². The van der Waals surface area contributed by atoms with Crippen molar-refractivity contribution in [2.45, 2.75) is 20.0 Å². The maximum atomic E-state index is 12.1. The van der Waals surface area contributed by atoms with Crippen molar-refractivity contribution in [1.82, 2.24) is 20.4 Å². The molecule has 0 fully saturated rings. The molecule has 0 bridgehead atoms. The molecular weight excluding hydrogens is 306 g/mol. The molecule has 7 heteroatoms. The molecule has 1 aromatic heterocycles. The number of nitrogens with one attached hydrogen (secondary N) is 3. The first-order valence-corrected chi connectivity index (χ1v) is 7.80. The molecule has 2 heterocycles. The number of anilines is 1. The van der Waals surface area contributed by atoms with E-state index in [-0.39, 0.29) is 11.9 Å². The molecule has 0 atom stereocenters. The summed E-state index contributed by atoms with van der Waals surface area (Å²) in [6.07, 6.45) is 3.21. The molecule has 0 unspecified atom stereocenters. The van der Waals surface area contributed by atoms with Crippen molar-refractivity contribution < 1.29 is 9.59 Å². The molecule has 1 aromatic carbocycles. The van der Waals surface area contributed by atoms with E-state index in [2.05, 4.69) is 20.8 Å². The number of benzene rings is 1. The average molecular weight is 325 g/mol. The monoisotopic (exact) mass is 325 g/mol. The molecule has 0 aliphatic carbocycles. The summed E-state index contributed by atoms with van der Waals surface area (Å²) in [6, 6.07) is 9.46. The predicted octanol–water partition coefficient (Wildman–Crippen LogP) is 2.11. The molecule has 2 aromatic rings. The summed E-state index contributed by atoms with van der Waals surface area (Å²) >= 11 is 0. The summed E-state index contributed by atoms with van der Waals surface area (Å²) in [6.45, 7) is 3.31. The van der Waals surface area contributed by atoms with Crippen LogP contribution in [0.2, 0.25) is 0 Å². The van der Waals surface area contributed by atoms with E-state index < -0.39 is 0 Å². The number of H-pyrrole nitrogens is 1. The highest BCUT2D eigenvalue weighted by molar-refractivity contribution is 6.01. The minimum absolute atomic E-state index is 0.128. The van der Waals surface area contributed by atoms with E-state index in [1.54, 1.807) is 11.0 Å². The van der Waals surface area contributed by atoms with Crippen molar-refractivity contribution in [3.8, 4) is 0 Å². The molecule has 124 valence electrons. The van der Waals surface area contributed by atoms with Gasteiger partial charge in [0.25, 0.3) is 0 Å². The summed E-state index contributed by atoms with van der Waals surface area (Å²) in [7, 11) is 0. The number of urea groups is 1. The highest BCUT2D eigenvalue weighted by atomic mass is 16.2. The smallest absolute Gasteiger partial charge is 0.318 e. The summed E-state index contributed by atoms with van der Waals surface area (Å²) in [4.78, 5) is 25.6. The summed E-state index contributed by atoms with van der Waals surface area (Å²) in [5, 5.41) is 12.5. The molecule has 0 saturated carbocycles. The number of carbonyl (C=O) groups excluding carboxylic acids is 2. The SMILES string of the molecule is CCNC(=O)N1Cc2n[nH]c(NC(=O)/C=C/c3ccccc3)c2C1.